The summed E-state index contributed by atoms with van der Waals surface area (Å²) in [5, 5.41) is 14.1. The van der Waals surface area contributed by atoms with E-state index in [9.17, 15) is 32.9 Å². The van der Waals surface area contributed by atoms with Gasteiger partial charge in [-0.2, -0.15) is 13.2 Å². The van der Waals surface area contributed by atoms with Gasteiger partial charge >= 0.3 is 6.18 Å². The van der Waals surface area contributed by atoms with E-state index in [0.29, 0.717) is 0 Å². The van der Waals surface area contributed by atoms with Crippen LogP contribution < -0.4 is 5.32 Å². The summed E-state index contributed by atoms with van der Waals surface area (Å²) in [4.78, 5) is 34.6. The van der Waals surface area contributed by atoms with Crippen molar-refractivity contribution in [3.8, 4) is 0 Å². The number of nitrogens with zero attached hydrogens (tertiary/aromatic N) is 1. The summed E-state index contributed by atoms with van der Waals surface area (Å²) in [5.41, 5.74) is -2.40. The SMILES string of the molecule is CC(=O)c1ccc2c([N+](=O)[O-])cc3c(c2c1)C(CCl)(C(=O)C(F)(F)F)CN3. The van der Waals surface area contributed by atoms with Crippen LogP contribution in [-0.4, -0.2) is 35.1 Å². The number of rotatable bonds is 4. The largest absolute Gasteiger partial charge is 0.451 e. The number of hydrogen-bond donors (Lipinski definition) is 1. The van der Waals surface area contributed by atoms with E-state index in [0.717, 1.165) is 6.07 Å². The van der Waals surface area contributed by atoms with Crippen LogP contribution in [0.4, 0.5) is 24.5 Å². The second-order valence-electron chi connectivity index (χ2n) is 6.29. The summed E-state index contributed by atoms with van der Waals surface area (Å²) >= 11 is 5.84. The molecule has 2 aromatic carbocycles. The molecule has 0 aromatic heterocycles. The molecule has 0 saturated heterocycles. The molecule has 0 bridgehead atoms. The van der Waals surface area contributed by atoms with E-state index in [1.54, 1.807) is 0 Å². The van der Waals surface area contributed by atoms with Crippen molar-refractivity contribution < 1.29 is 27.7 Å². The lowest BCUT2D eigenvalue weighted by Crippen LogP contribution is -2.47. The third kappa shape index (κ3) is 2.82. The van der Waals surface area contributed by atoms with Gasteiger partial charge in [0.25, 0.3) is 5.69 Å². The van der Waals surface area contributed by atoms with Crippen LogP contribution in [-0.2, 0) is 10.2 Å². The molecule has 142 valence electrons. The first-order valence-corrected chi connectivity index (χ1v) is 8.24. The van der Waals surface area contributed by atoms with Gasteiger partial charge in [0.15, 0.2) is 5.78 Å². The zero-order chi connectivity index (χ0) is 20.1. The number of fused-ring (bicyclic) bond motifs is 3. The number of nitro groups is 1. The first-order chi connectivity index (χ1) is 12.5. The molecule has 0 saturated carbocycles. The summed E-state index contributed by atoms with van der Waals surface area (Å²) in [7, 11) is 0. The standard InChI is InChI=1S/C17H12ClF3N2O4/c1-8(24)9-2-3-10-11(4-9)14-12(5-13(10)23(26)27)22-7-16(14,6-18)15(25)17(19,20)21/h2-5,22H,6-7H2,1H3. The maximum Gasteiger partial charge on any atom is 0.451 e. The fraction of sp³-hybridized carbons (Fsp3) is 0.294. The Morgan fingerprint density at radius 3 is 2.48 bits per heavy atom. The van der Waals surface area contributed by atoms with Gasteiger partial charge in [0.1, 0.15) is 0 Å². The minimum Gasteiger partial charge on any atom is -0.383 e. The van der Waals surface area contributed by atoms with Crippen molar-refractivity contribution in [2.75, 3.05) is 17.7 Å². The number of hydrogen-bond acceptors (Lipinski definition) is 5. The predicted molar refractivity (Wildman–Crippen MR) is 92.6 cm³/mol. The van der Waals surface area contributed by atoms with Gasteiger partial charge in [-0.1, -0.05) is 6.07 Å². The second-order valence-corrected chi connectivity index (χ2v) is 6.56. The molecule has 6 nitrogen and oxygen atoms in total. The Balaban J connectivity index is 2.44. The Morgan fingerprint density at radius 1 is 1.30 bits per heavy atom. The zero-order valence-electron chi connectivity index (χ0n) is 13.8. The summed E-state index contributed by atoms with van der Waals surface area (Å²) in [6.45, 7) is 0.803. The molecular weight excluding hydrogens is 389 g/mol. The number of halogens is 4. The van der Waals surface area contributed by atoms with Crippen molar-refractivity contribution in [3.63, 3.8) is 0 Å². The fourth-order valence-corrected chi connectivity index (χ4v) is 3.76. The molecule has 3 rings (SSSR count). The predicted octanol–water partition coefficient (Wildman–Crippen LogP) is 3.98. The number of ketones is 2. The van der Waals surface area contributed by atoms with Crippen molar-refractivity contribution >= 4 is 45.3 Å². The monoisotopic (exact) mass is 400 g/mol. The topological polar surface area (TPSA) is 89.3 Å². The molecule has 27 heavy (non-hydrogen) atoms. The molecule has 0 aliphatic carbocycles. The molecule has 0 fully saturated rings. The smallest absolute Gasteiger partial charge is 0.383 e. The molecule has 0 radical (unpaired) electrons. The highest BCUT2D eigenvalue weighted by Gasteiger charge is 2.57. The van der Waals surface area contributed by atoms with E-state index in [4.69, 9.17) is 11.6 Å². The number of nitro benzene ring substituents is 1. The quantitative estimate of drug-likeness (QED) is 0.363. The Labute approximate surface area is 155 Å². The van der Waals surface area contributed by atoms with Crippen LogP contribution in [0.1, 0.15) is 22.8 Å². The van der Waals surface area contributed by atoms with Gasteiger partial charge in [0, 0.05) is 35.3 Å². The molecule has 1 unspecified atom stereocenters. The molecule has 0 amide bonds. The fourth-order valence-electron chi connectivity index (χ4n) is 3.41. The van der Waals surface area contributed by atoms with Crippen LogP contribution in [0.15, 0.2) is 24.3 Å². The van der Waals surface area contributed by atoms with E-state index in [1.165, 1.54) is 25.1 Å². The van der Waals surface area contributed by atoms with Crippen molar-refractivity contribution in [1.82, 2.24) is 0 Å². The number of carbonyl (C=O) groups is 2. The van der Waals surface area contributed by atoms with E-state index < -0.39 is 34.7 Å². The number of alkyl halides is 4. The van der Waals surface area contributed by atoms with Crippen molar-refractivity contribution in [2.45, 2.75) is 18.5 Å². The molecule has 1 atom stereocenters. The third-order valence-electron chi connectivity index (χ3n) is 4.70. The summed E-state index contributed by atoms with van der Waals surface area (Å²) < 4.78 is 39.7. The van der Waals surface area contributed by atoms with Gasteiger partial charge in [-0.3, -0.25) is 19.7 Å². The van der Waals surface area contributed by atoms with E-state index >= 15 is 0 Å². The minimum absolute atomic E-state index is 0.0214. The molecule has 0 spiro atoms. The number of nitrogens with one attached hydrogen (secondary N) is 1. The van der Waals surface area contributed by atoms with Crippen LogP contribution in [0.3, 0.4) is 0 Å². The van der Waals surface area contributed by atoms with Crippen LogP contribution in [0, 0.1) is 10.1 Å². The van der Waals surface area contributed by atoms with Crippen LogP contribution in [0.2, 0.25) is 0 Å². The Hall–Kier alpha value is -2.68. The molecule has 1 heterocycles. The Morgan fingerprint density at radius 2 is 1.96 bits per heavy atom. The van der Waals surface area contributed by atoms with E-state index in [2.05, 4.69) is 5.32 Å². The highest BCUT2D eigenvalue weighted by atomic mass is 35.5. The number of Topliss-reactive ketones (excluding diaryl/α,β-unsaturated/α-hetero) is 2. The first kappa shape index (κ1) is 19.1. The van der Waals surface area contributed by atoms with Gasteiger partial charge in [-0.05, 0) is 24.4 Å². The first-order valence-electron chi connectivity index (χ1n) is 7.71. The average molecular weight is 401 g/mol. The minimum atomic E-state index is -5.15. The van der Waals surface area contributed by atoms with E-state index in [1.807, 2.05) is 0 Å². The molecule has 1 aliphatic rings. The summed E-state index contributed by atoms with van der Waals surface area (Å²) in [6, 6.07) is 4.99. The van der Waals surface area contributed by atoms with Gasteiger partial charge in [-0.15, -0.1) is 11.6 Å². The maximum atomic E-state index is 13.2. The normalized spacial score (nSPS) is 18.9. The van der Waals surface area contributed by atoms with Crippen molar-refractivity contribution in [1.29, 1.82) is 0 Å². The van der Waals surface area contributed by atoms with E-state index in [-0.39, 0.29) is 39.1 Å². The van der Waals surface area contributed by atoms with Gasteiger partial charge in [0.2, 0.25) is 5.78 Å². The summed E-state index contributed by atoms with van der Waals surface area (Å²) in [6.07, 6.45) is -5.15. The highest BCUT2D eigenvalue weighted by Crippen LogP contribution is 2.48. The third-order valence-corrected chi connectivity index (χ3v) is 5.15. The molecule has 10 heteroatoms. The number of anilines is 1. The second kappa shape index (κ2) is 6.19. The molecule has 2 aromatic rings. The molecule has 1 aliphatic heterocycles. The lowest BCUT2D eigenvalue weighted by molar-refractivity contribution is -0.383. The number of non-ortho nitro benzene ring substituents is 1. The van der Waals surface area contributed by atoms with Crippen molar-refractivity contribution in [3.05, 3.63) is 45.5 Å². The van der Waals surface area contributed by atoms with Gasteiger partial charge < -0.3 is 5.32 Å². The van der Waals surface area contributed by atoms with Crippen molar-refractivity contribution in [2.24, 2.45) is 0 Å². The van der Waals surface area contributed by atoms with Crippen LogP contribution in [0.5, 0.6) is 0 Å². The number of benzene rings is 2. The zero-order valence-corrected chi connectivity index (χ0v) is 14.6. The van der Waals surface area contributed by atoms with Crippen LogP contribution >= 0.6 is 11.6 Å². The van der Waals surface area contributed by atoms with Gasteiger partial charge in [0.05, 0.1) is 15.7 Å². The Bertz CT molecular complexity index is 1010. The number of carbonyl (C=O) groups excluding carboxylic acids is 2. The summed E-state index contributed by atoms with van der Waals surface area (Å²) in [5.74, 6) is -3.09. The molecular formula is C17H12ClF3N2O4. The van der Waals surface area contributed by atoms with Gasteiger partial charge in [-0.25, -0.2) is 0 Å². The highest BCUT2D eigenvalue weighted by molar-refractivity contribution is 6.23. The molecule has 1 N–H and O–H groups in total. The Kier molecular flexibility index (Phi) is 4.38. The average Bonchev–Trinajstić information content (AvgIpc) is 2.98. The van der Waals surface area contributed by atoms with Crippen LogP contribution in [0.25, 0.3) is 10.8 Å². The lowest BCUT2D eigenvalue weighted by atomic mass is 9.77. The maximum absolute atomic E-state index is 13.2. The lowest BCUT2D eigenvalue weighted by Gasteiger charge is -2.27.